The number of hydrogen-bond acceptors (Lipinski definition) is 4. The second-order valence-corrected chi connectivity index (χ2v) is 4.92. The third kappa shape index (κ3) is 6.78. The Bertz CT molecular complexity index is 519. The highest BCUT2D eigenvalue weighted by molar-refractivity contribution is 5.94. The molecule has 23 heavy (non-hydrogen) atoms. The van der Waals surface area contributed by atoms with Crippen LogP contribution in [0.4, 0.5) is 11.4 Å². The summed E-state index contributed by atoms with van der Waals surface area (Å²) in [4.78, 5) is 25.5. The number of halogens is 1. The van der Waals surface area contributed by atoms with E-state index in [0.717, 1.165) is 0 Å². The van der Waals surface area contributed by atoms with Gasteiger partial charge in [0.2, 0.25) is 11.8 Å². The van der Waals surface area contributed by atoms with Crippen molar-refractivity contribution in [3.05, 3.63) is 18.2 Å². The first-order valence-electron chi connectivity index (χ1n) is 7.52. The maximum atomic E-state index is 11.9. The van der Waals surface area contributed by atoms with Gasteiger partial charge in [0.1, 0.15) is 5.75 Å². The number of carbonyl (C=O) groups is 2. The zero-order valence-electron chi connectivity index (χ0n) is 13.9. The second kappa shape index (κ2) is 10.7. The van der Waals surface area contributed by atoms with Gasteiger partial charge in [-0.1, -0.05) is 0 Å². The fourth-order valence-electron chi connectivity index (χ4n) is 2.12. The van der Waals surface area contributed by atoms with Crippen molar-refractivity contribution in [2.75, 3.05) is 31.2 Å². The Morgan fingerprint density at radius 3 is 2.43 bits per heavy atom. The number of nitrogens with zero attached hydrogens (tertiary/aromatic N) is 1. The minimum Gasteiger partial charge on any atom is -0.497 e. The summed E-state index contributed by atoms with van der Waals surface area (Å²) >= 11 is 0. The number of anilines is 2. The normalized spacial score (nSPS) is 9.70. The third-order valence-electron chi connectivity index (χ3n) is 3.45. The molecule has 0 fully saturated rings. The SMILES string of the molecule is CCN(CC)C(=O)CCCC(=O)Nc1cc(OC)ccc1N.Cl. The molecule has 2 amide bonds. The predicted molar refractivity (Wildman–Crippen MR) is 95.1 cm³/mol. The van der Waals surface area contributed by atoms with E-state index in [9.17, 15) is 9.59 Å². The van der Waals surface area contributed by atoms with E-state index in [0.29, 0.717) is 43.1 Å². The number of hydrogen-bond donors (Lipinski definition) is 2. The molecule has 0 aliphatic rings. The lowest BCUT2D eigenvalue weighted by Crippen LogP contribution is -2.30. The third-order valence-corrected chi connectivity index (χ3v) is 3.45. The monoisotopic (exact) mass is 343 g/mol. The van der Waals surface area contributed by atoms with Crippen LogP contribution in [0, 0.1) is 0 Å². The first-order chi connectivity index (χ1) is 10.5. The molecule has 1 aromatic carbocycles. The van der Waals surface area contributed by atoms with Gasteiger partial charge in [-0.05, 0) is 32.4 Å². The van der Waals surface area contributed by atoms with Gasteiger partial charge in [-0.2, -0.15) is 0 Å². The first kappa shape index (κ1) is 21.0. The molecule has 0 bridgehead atoms. The van der Waals surface area contributed by atoms with Gasteiger partial charge in [0, 0.05) is 32.0 Å². The van der Waals surface area contributed by atoms with Gasteiger partial charge >= 0.3 is 0 Å². The first-order valence-corrected chi connectivity index (χ1v) is 7.52. The molecule has 1 rings (SSSR count). The number of nitrogens with two attached hydrogens (primary N) is 1. The van der Waals surface area contributed by atoms with Crippen molar-refractivity contribution in [1.82, 2.24) is 4.90 Å². The fraction of sp³-hybridized carbons (Fsp3) is 0.500. The van der Waals surface area contributed by atoms with Crippen molar-refractivity contribution >= 4 is 35.6 Å². The number of rotatable bonds is 8. The number of carbonyl (C=O) groups excluding carboxylic acids is 2. The van der Waals surface area contributed by atoms with Crippen LogP contribution in [0.1, 0.15) is 33.1 Å². The fourth-order valence-corrected chi connectivity index (χ4v) is 2.12. The molecule has 130 valence electrons. The molecule has 0 aliphatic heterocycles. The van der Waals surface area contributed by atoms with E-state index in [4.69, 9.17) is 10.5 Å². The predicted octanol–water partition coefficient (Wildman–Crippen LogP) is 2.68. The minimum absolute atomic E-state index is 0. The molecule has 6 nitrogen and oxygen atoms in total. The summed E-state index contributed by atoms with van der Waals surface area (Å²) in [5, 5.41) is 2.75. The summed E-state index contributed by atoms with van der Waals surface area (Å²) in [5.74, 6) is 0.548. The summed E-state index contributed by atoms with van der Waals surface area (Å²) in [6.45, 7) is 5.28. The highest BCUT2D eigenvalue weighted by Crippen LogP contribution is 2.24. The van der Waals surface area contributed by atoms with E-state index in [-0.39, 0.29) is 30.6 Å². The Balaban J connectivity index is 0.00000484. The lowest BCUT2D eigenvalue weighted by molar-refractivity contribution is -0.130. The maximum absolute atomic E-state index is 11.9. The molecular formula is C16H26ClN3O3. The van der Waals surface area contributed by atoms with Crippen LogP contribution < -0.4 is 15.8 Å². The summed E-state index contributed by atoms with van der Waals surface area (Å²) in [6.07, 6.45) is 1.18. The molecule has 3 N–H and O–H groups in total. The highest BCUT2D eigenvalue weighted by Gasteiger charge is 2.11. The number of ether oxygens (including phenoxy) is 1. The summed E-state index contributed by atoms with van der Waals surface area (Å²) in [6, 6.07) is 5.08. The standard InChI is InChI=1S/C16H25N3O3.ClH/c1-4-19(5-2)16(21)8-6-7-15(20)18-14-11-12(22-3)9-10-13(14)17;/h9-11H,4-8,17H2,1-3H3,(H,18,20);1H. The molecule has 1 aromatic rings. The Hall–Kier alpha value is -1.95. The average molecular weight is 344 g/mol. The number of benzene rings is 1. The van der Waals surface area contributed by atoms with E-state index in [1.807, 2.05) is 13.8 Å². The van der Waals surface area contributed by atoms with E-state index in [1.54, 1.807) is 30.2 Å². The van der Waals surface area contributed by atoms with Gasteiger partial charge in [0.15, 0.2) is 0 Å². The van der Waals surface area contributed by atoms with Crippen LogP contribution in [0.15, 0.2) is 18.2 Å². The molecule has 0 unspecified atom stereocenters. The average Bonchev–Trinajstić information content (AvgIpc) is 2.50. The Labute approximate surface area is 143 Å². The molecule has 0 atom stereocenters. The van der Waals surface area contributed by atoms with Gasteiger partial charge in [0.05, 0.1) is 18.5 Å². The number of methoxy groups -OCH3 is 1. The zero-order chi connectivity index (χ0) is 16.5. The van der Waals surface area contributed by atoms with Crippen LogP contribution in [0.5, 0.6) is 5.75 Å². The second-order valence-electron chi connectivity index (χ2n) is 4.92. The number of amides is 2. The highest BCUT2D eigenvalue weighted by atomic mass is 35.5. The zero-order valence-corrected chi connectivity index (χ0v) is 14.7. The molecule has 0 radical (unpaired) electrons. The molecule has 0 saturated heterocycles. The van der Waals surface area contributed by atoms with Crippen molar-refractivity contribution in [2.24, 2.45) is 0 Å². The van der Waals surface area contributed by atoms with Crippen LogP contribution >= 0.6 is 12.4 Å². The van der Waals surface area contributed by atoms with Gasteiger partial charge in [0.25, 0.3) is 0 Å². The van der Waals surface area contributed by atoms with Gasteiger partial charge in [-0.3, -0.25) is 9.59 Å². The van der Waals surface area contributed by atoms with Gasteiger partial charge in [-0.15, -0.1) is 12.4 Å². The molecule has 0 aliphatic carbocycles. The molecule has 7 heteroatoms. The van der Waals surface area contributed by atoms with Crippen LogP contribution in [0.3, 0.4) is 0 Å². The smallest absolute Gasteiger partial charge is 0.224 e. The van der Waals surface area contributed by atoms with Gasteiger partial charge < -0.3 is 20.7 Å². The van der Waals surface area contributed by atoms with E-state index in [1.165, 1.54) is 0 Å². The molecular weight excluding hydrogens is 318 g/mol. The summed E-state index contributed by atoms with van der Waals surface area (Å²) < 4.78 is 5.10. The minimum atomic E-state index is -0.160. The quantitative estimate of drug-likeness (QED) is 0.711. The molecule has 0 saturated carbocycles. The lowest BCUT2D eigenvalue weighted by Gasteiger charge is -2.18. The number of nitrogens with one attached hydrogen (secondary N) is 1. The van der Waals surface area contributed by atoms with Crippen molar-refractivity contribution in [3.8, 4) is 5.75 Å². The summed E-state index contributed by atoms with van der Waals surface area (Å²) in [5.41, 5.74) is 6.82. The van der Waals surface area contributed by atoms with Crippen LogP contribution in [0.25, 0.3) is 0 Å². The van der Waals surface area contributed by atoms with Crippen molar-refractivity contribution in [3.63, 3.8) is 0 Å². The van der Waals surface area contributed by atoms with Crippen LogP contribution in [0.2, 0.25) is 0 Å². The Morgan fingerprint density at radius 1 is 1.22 bits per heavy atom. The Morgan fingerprint density at radius 2 is 1.87 bits per heavy atom. The Kier molecular flexibility index (Phi) is 9.81. The van der Waals surface area contributed by atoms with Crippen molar-refractivity contribution in [2.45, 2.75) is 33.1 Å². The van der Waals surface area contributed by atoms with Crippen molar-refractivity contribution < 1.29 is 14.3 Å². The molecule has 0 aromatic heterocycles. The van der Waals surface area contributed by atoms with E-state index >= 15 is 0 Å². The molecule has 0 spiro atoms. The van der Waals surface area contributed by atoms with E-state index in [2.05, 4.69) is 5.32 Å². The van der Waals surface area contributed by atoms with E-state index < -0.39 is 0 Å². The van der Waals surface area contributed by atoms with Crippen LogP contribution in [-0.2, 0) is 9.59 Å². The molecule has 0 heterocycles. The number of nitrogen functional groups attached to an aromatic ring is 1. The van der Waals surface area contributed by atoms with Crippen molar-refractivity contribution in [1.29, 1.82) is 0 Å². The lowest BCUT2D eigenvalue weighted by atomic mass is 10.2. The largest absolute Gasteiger partial charge is 0.497 e. The summed E-state index contributed by atoms with van der Waals surface area (Å²) in [7, 11) is 1.55. The van der Waals surface area contributed by atoms with Gasteiger partial charge in [-0.25, -0.2) is 0 Å². The topological polar surface area (TPSA) is 84.7 Å². The van der Waals surface area contributed by atoms with Crippen LogP contribution in [-0.4, -0.2) is 36.9 Å². The maximum Gasteiger partial charge on any atom is 0.224 e.